The predicted molar refractivity (Wildman–Crippen MR) is 177 cm³/mol. The van der Waals surface area contributed by atoms with Gasteiger partial charge in [-0.2, -0.15) is 0 Å². The number of allylic oxidation sites excluding steroid dienone is 2. The molecule has 9 heteroatoms. The topological polar surface area (TPSA) is 157 Å². The summed E-state index contributed by atoms with van der Waals surface area (Å²) in [6.45, 7) is 4.12. The van der Waals surface area contributed by atoms with E-state index in [2.05, 4.69) is 16.8 Å². The van der Waals surface area contributed by atoms with Crippen LogP contribution in [0.3, 0.4) is 0 Å². The normalized spacial score (nSPS) is 21.0. The number of methoxy groups -OCH3 is 1. The molecule has 45 heavy (non-hydrogen) atoms. The lowest BCUT2D eigenvalue weighted by Crippen LogP contribution is -2.27. The first kappa shape index (κ1) is 36.1. The number of aliphatic hydroxyl groups is 1. The zero-order chi connectivity index (χ0) is 32.8. The molecule has 0 amide bonds. The van der Waals surface area contributed by atoms with Crippen molar-refractivity contribution >= 4 is 17.5 Å². The van der Waals surface area contributed by atoms with E-state index in [-0.39, 0.29) is 66.2 Å². The van der Waals surface area contributed by atoms with E-state index in [0.29, 0.717) is 68.4 Å². The molecule has 1 aromatic rings. The molecule has 6 N–H and O–H groups in total. The van der Waals surface area contributed by atoms with Crippen molar-refractivity contribution in [3.8, 4) is 23.3 Å². The zero-order valence-corrected chi connectivity index (χ0v) is 27.4. The lowest BCUT2D eigenvalue weighted by molar-refractivity contribution is -0.117. The van der Waals surface area contributed by atoms with Crippen molar-refractivity contribution < 1.29 is 29.3 Å². The number of phenolic OH excluding ortho intramolecular Hbond substituents is 1. The molecule has 1 saturated carbocycles. The van der Waals surface area contributed by atoms with Crippen molar-refractivity contribution in [3.05, 3.63) is 34.9 Å². The third kappa shape index (κ3) is 11.2. The Balaban J connectivity index is 2.15. The quantitative estimate of drug-likeness (QED) is 0.0860. The van der Waals surface area contributed by atoms with Crippen LogP contribution >= 0.6 is 0 Å². The number of hydrogen-bond acceptors (Lipinski definition) is 7. The van der Waals surface area contributed by atoms with Crippen molar-refractivity contribution in [1.29, 1.82) is 0 Å². The van der Waals surface area contributed by atoms with Crippen LogP contribution in [-0.2, 0) is 20.7 Å². The number of fused-ring (bicyclic) bond motifs is 1. The highest BCUT2D eigenvalue weighted by Crippen LogP contribution is 2.46. The minimum absolute atomic E-state index is 0.0126. The Morgan fingerprint density at radius 3 is 2.58 bits per heavy atom. The molecule has 3 rings (SSSR count). The molecule has 248 valence electrons. The largest absolute Gasteiger partial charge is 0.504 e. The maximum atomic E-state index is 13.0. The molecule has 2 aliphatic rings. The minimum Gasteiger partial charge on any atom is -0.504 e. The molecule has 0 spiro atoms. The van der Waals surface area contributed by atoms with Crippen LogP contribution in [0.5, 0.6) is 11.5 Å². The molecule has 4 atom stereocenters. The van der Waals surface area contributed by atoms with Gasteiger partial charge in [-0.05, 0) is 107 Å². The number of carbonyl (C=O) groups is 2. The lowest BCUT2D eigenvalue weighted by Gasteiger charge is -2.31. The Labute approximate surface area is 268 Å². The van der Waals surface area contributed by atoms with Gasteiger partial charge in [-0.3, -0.25) is 4.79 Å². The Morgan fingerprint density at radius 2 is 1.93 bits per heavy atom. The summed E-state index contributed by atoms with van der Waals surface area (Å²) < 4.78 is 12.1. The number of aromatic hydroxyl groups is 1. The van der Waals surface area contributed by atoms with Gasteiger partial charge in [0.05, 0.1) is 12.1 Å². The number of rotatable bonds is 16. The number of hydrogen-bond donors (Lipinski definition) is 4. The fourth-order valence-electron chi connectivity index (χ4n) is 6.57. The summed E-state index contributed by atoms with van der Waals surface area (Å²) in [5.41, 5.74) is 13.7. The first-order chi connectivity index (χ1) is 21.7. The fourth-order valence-corrected chi connectivity index (χ4v) is 6.57. The second kappa shape index (κ2) is 18.6. The van der Waals surface area contributed by atoms with Gasteiger partial charge in [0.2, 0.25) is 0 Å². The molecule has 0 aromatic heterocycles. The van der Waals surface area contributed by atoms with Crippen LogP contribution in [0.2, 0.25) is 0 Å². The van der Waals surface area contributed by atoms with E-state index in [9.17, 15) is 19.8 Å². The molecule has 9 nitrogen and oxygen atoms in total. The summed E-state index contributed by atoms with van der Waals surface area (Å²) in [6, 6.07) is 1.65. The highest BCUT2D eigenvalue weighted by atomic mass is 16.5. The number of ketones is 2. The van der Waals surface area contributed by atoms with Crippen LogP contribution in [-0.4, -0.2) is 60.2 Å². The molecule has 0 saturated heterocycles. The van der Waals surface area contributed by atoms with E-state index in [4.69, 9.17) is 20.9 Å². The number of aryl methyl sites for hydroxylation is 1. The van der Waals surface area contributed by atoms with E-state index >= 15 is 0 Å². The molecule has 1 fully saturated rings. The Kier molecular flexibility index (Phi) is 14.9. The third-order valence-corrected chi connectivity index (χ3v) is 9.08. The second-order valence-corrected chi connectivity index (χ2v) is 12.6. The van der Waals surface area contributed by atoms with E-state index in [1.165, 1.54) is 0 Å². The summed E-state index contributed by atoms with van der Waals surface area (Å²) in [6.07, 6.45) is 12.3. The molecule has 0 aliphatic heterocycles. The number of guanidine groups is 1. The van der Waals surface area contributed by atoms with E-state index in [1.807, 2.05) is 19.1 Å². The van der Waals surface area contributed by atoms with Crippen LogP contribution in [0.25, 0.3) is 0 Å². The number of phenols is 1. The monoisotopic (exact) mass is 623 g/mol. The first-order valence-corrected chi connectivity index (χ1v) is 16.6. The van der Waals surface area contributed by atoms with Crippen molar-refractivity contribution in [1.82, 2.24) is 0 Å². The van der Waals surface area contributed by atoms with Gasteiger partial charge >= 0.3 is 0 Å². The smallest absolute Gasteiger partial charge is 0.186 e. The highest BCUT2D eigenvalue weighted by Gasteiger charge is 2.33. The minimum atomic E-state index is -0.249. The molecule has 0 heterocycles. The Hall–Kier alpha value is -3.35. The fraction of sp³-hybridized carbons (Fsp3) is 0.639. The standard InChI is InChI=1S/C36H53N3O6/c1-4-25(20-21-40)13-17-29(42)18-15-26-22-33(45-30-9-5-6-10-30)35(43)34-31(26)11-7-8-28(39-36(37)38)16-14-27(23-44-3)32(34)19-12-24(2)41/h13,17,22,25,27-28,30,32,40,43H,4-6,8-10,12,14-16,18-21,23H2,1-3H3,(H4,37,38,39)/b17-13+/t25-,27-,28-,32-/m1/s1. The number of ether oxygens (including phenoxy) is 2. The number of carbonyl (C=O) groups excluding carboxylic acids is 2. The van der Waals surface area contributed by atoms with Crippen molar-refractivity contribution in [2.45, 2.75) is 115 Å². The van der Waals surface area contributed by atoms with Crippen LogP contribution in [0, 0.1) is 23.7 Å². The van der Waals surface area contributed by atoms with Crippen molar-refractivity contribution in [3.63, 3.8) is 0 Å². The second-order valence-electron chi connectivity index (χ2n) is 12.6. The predicted octanol–water partition coefficient (Wildman–Crippen LogP) is 5.07. The van der Waals surface area contributed by atoms with Gasteiger partial charge in [0.25, 0.3) is 0 Å². The van der Waals surface area contributed by atoms with Gasteiger partial charge in [0.15, 0.2) is 23.2 Å². The molecule has 0 radical (unpaired) electrons. The van der Waals surface area contributed by atoms with E-state index < -0.39 is 0 Å². The highest BCUT2D eigenvalue weighted by molar-refractivity contribution is 5.89. The SMILES string of the molecule is CC[C@H](/C=C/C(=O)CCc1cc(OC2CCCC2)c(O)c2c1C#CC[C@@H](N=C(N)N)CC[C@H](COC)[C@H]2CCC(C)=O)CCO. The van der Waals surface area contributed by atoms with Gasteiger partial charge in [0, 0.05) is 50.7 Å². The summed E-state index contributed by atoms with van der Waals surface area (Å²) >= 11 is 0. The Bertz CT molecular complexity index is 1250. The maximum absolute atomic E-state index is 13.0. The van der Waals surface area contributed by atoms with Crippen LogP contribution in [0.1, 0.15) is 114 Å². The van der Waals surface area contributed by atoms with E-state index in [0.717, 1.165) is 37.7 Å². The average Bonchev–Trinajstić information content (AvgIpc) is 3.51. The van der Waals surface area contributed by atoms with Crippen molar-refractivity contribution in [2.24, 2.45) is 28.3 Å². The van der Waals surface area contributed by atoms with Crippen LogP contribution in [0.15, 0.2) is 23.2 Å². The molecular formula is C36H53N3O6. The lowest BCUT2D eigenvalue weighted by atomic mass is 9.75. The van der Waals surface area contributed by atoms with Crippen LogP contribution < -0.4 is 16.2 Å². The third-order valence-electron chi connectivity index (χ3n) is 9.08. The molecule has 0 bridgehead atoms. The van der Waals surface area contributed by atoms with E-state index in [1.54, 1.807) is 20.1 Å². The number of nitrogens with zero attached hydrogens (tertiary/aromatic N) is 1. The van der Waals surface area contributed by atoms with Gasteiger partial charge in [-0.1, -0.05) is 24.8 Å². The molecular weight excluding hydrogens is 570 g/mol. The summed E-state index contributed by atoms with van der Waals surface area (Å²) in [5, 5.41) is 21.2. The van der Waals surface area contributed by atoms with Crippen LogP contribution in [0.4, 0.5) is 0 Å². The zero-order valence-electron chi connectivity index (χ0n) is 27.4. The number of nitrogens with two attached hydrogens (primary N) is 2. The molecule has 2 aliphatic carbocycles. The van der Waals surface area contributed by atoms with Gasteiger partial charge in [-0.25, -0.2) is 4.99 Å². The summed E-state index contributed by atoms with van der Waals surface area (Å²) in [7, 11) is 1.66. The van der Waals surface area contributed by atoms with Gasteiger partial charge in [-0.15, -0.1) is 0 Å². The molecule has 0 unspecified atom stereocenters. The van der Waals surface area contributed by atoms with Gasteiger partial charge in [0.1, 0.15) is 5.78 Å². The first-order valence-electron chi connectivity index (χ1n) is 16.6. The maximum Gasteiger partial charge on any atom is 0.186 e. The average molecular weight is 624 g/mol. The number of aliphatic hydroxyl groups excluding tert-OH is 1. The number of Topliss-reactive ketones (excluding diaryl/α,β-unsaturated/α-hetero) is 1. The molecule has 1 aromatic carbocycles. The van der Waals surface area contributed by atoms with Gasteiger partial charge < -0.3 is 35.9 Å². The summed E-state index contributed by atoms with van der Waals surface area (Å²) in [5.74, 6) is 7.00. The number of benzene rings is 1. The Morgan fingerprint density at radius 1 is 1.18 bits per heavy atom. The summed E-state index contributed by atoms with van der Waals surface area (Å²) in [4.78, 5) is 29.7. The van der Waals surface area contributed by atoms with Crippen molar-refractivity contribution in [2.75, 3.05) is 20.3 Å². The number of aliphatic imine (C=N–C) groups is 1.